The van der Waals surface area contributed by atoms with Gasteiger partial charge in [-0.25, -0.2) is 0 Å². The largest absolute Gasteiger partial charge is 0.508 e. The molecule has 0 radical (unpaired) electrons. The van der Waals surface area contributed by atoms with Gasteiger partial charge in [0.1, 0.15) is 5.75 Å². The number of phenols is 1. The van der Waals surface area contributed by atoms with Crippen molar-refractivity contribution in [2.45, 2.75) is 19.9 Å². The van der Waals surface area contributed by atoms with Crippen molar-refractivity contribution < 1.29 is 5.11 Å². The summed E-state index contributed by atoms with van der Waals surface area (Å²) in [6.45, 7) is 3.80. The molecule has 2 N–H and O–H groups in total. The molecule has 0 aromatic heterocycles. The van der Waals surface area contributed by atoms with Gasteiger partial charge in [-0.3, -0.25) is 0 Å². The molecule has 15 heavy (non-hydrogen) atoms. The summed E-state index contributed by atoms with van der Waals surface area (Å²) in [6, 6.07) is 5.71. The first-order valence-electron chi connectivity index (χ1n) is 5.22. The third-order valence-corrected chi connectivity index (χ3v) is 2.95. The number of thioether (sulfide) groups is 1. The minimum Gasteiger partial charge on any atom is -0.508 e. The lowest BCUT2D eigenvalue weighted by Crippen LogP contribution is -2.15. The van der Waals surface area contributed by atoms with E-state index < -0.39 is 0 Å². The molecule has 84 valence electrons. The molecule has 2 nitrogen and oxygen atoms in total. The summed E-state index contributed by atoms with van der Waals surface area (Å²) in [4.78, 5) is 0. The Morgan fingerprint density at radius 2 is 2.20 bits per heavy atom. The van der Waals surface area contributed by atoms with Crippen molar-refractivity contribution in [2.75, 3.05) is 18.6 Å². The molecule has 0 amide bonds. The molecule has 0 heterocycles. The Labute approximate surface area is 96.1 Å². The van der Waals surface area contributed by atoms with Crippen LogP contribution in [0.2, 0.25) is 0 Å². The van der Waals surface area contributed by atoms with E-state index in [9.17, 15) is 5.11 Å². The first-order valence-corrected chi connectivity index (χ1v) is 6.61. The van der Waals surface area contributed by atoms with Gasteiger partial charge in [0.2, 0.25) is 0 Å². The second kappa shape index (κ2) is 6.75. The van der Waals surface area contributed by atoms with Gasteiger partial charge in [0.15, 0.2) is 0 Å². The summed E-state index contributed by atoms with van der Waals surface area (Å²) in [5.74, 6) is 1.57. The zero-order chi connectivity index (χ0) is 11.1. The molecule has 0 saturated heterocycles. The molecular formula is C12H19NOS. The van der Waals surface area contributed by atoms with Crippen molar-refractivity contribution in [3.05, 3.63) is 29.3 Å². The van der Waals surface area contributed by atoms with Crippen LogP contribution in [0.1, 0.15) is 17.5 Å². The van der Waals surface area contributed by atoms with Crippen molar-refractivity contribution in [3.8, 4) is 5.75 Å². The van der Waals surface area contributed by atoms with E-state index in [0.717, 1.165) is 18.7 Å². The normalized spacial score (nSPS) is 10.5. The van der Waals surface area contributed by atoms with Gasteiger partial charge in [-0.2, -0.15) is 11.8 Å². The second-order valence-electron chi connectivity index (χ2n) is 3.66. The zero-order valence-corrected chi connectivity index (χ0v) is 10.2. The number of hydrogen-bond acceptors (Lipinski definition) is 3. The van der Waals surface area contributed by atoms with E-state index in [1.165, 1.54) is 17.7 Å². The highest BCUT2D eigenvalue weighted by Gasteiger charge is 2.00. The van der Waals surface area contributed by atoms with Gasteiger partial charge in [-0.1, -0.05) is 17.7 Å². The van der Waals surface area contributed by atoms with Gasteiger partial charge in [0.25, 0.3) is 0 Å². The lowest BCUT2D eigenvalue weighted by molar-refractivity contribution is 0.464. The smallest absolute Gasteiger partial charge is 0.120 e. The fourth-order valence-corrected chi connectivity index (χ4v) is 1.85. The molecule has 1 aromatic rings. The predicted molar refractivity (Wildman–Crippen MR) is 67.5 cm³/mol. The third-order valence-electron chi connectivity index (χ3n) is 2.25. The molecule has 0 aliphatic rings. The Morgan fingerprint density at radius 1 is 1.40 bits per heavy atom. The first kappa shape index (κ1) is 12.4. The van der Waals surface area contributed by atoms with Crippen LogP contribution in [-0.2, 0) is 6.54 Å². The third kappa shape index (κ3) is 4.58. The van der Waals surface area contributed by atoms with Crippen LogP contribution in [0.5, 0.6) is 5.75 Å². The molecule has 0 unspecified atom stereocenters. The van der Waals surface area contributed by atoms with Crippen LogP contribution in [0.4, 0.5) is 0 Å². The maximum Gasteiger partial charge on any atom is 0.120 e. The highest BCUT2D eigenvalue weighted by atomic mass is 32.2. The molecule has 0 atom stereocenters. The molecule has 1 aromatic carbocycles. The molecule has 0 aliphatic heterocycles. The van der Waals surface area contributed by atoms with Crippen molar-refractivity contribution in [2.24, 2.45) is 0 Å². The lowest BCUT2D eigenvalue weighted by Gasteiger charge is -2.07. The van der Waals surface area contributed by atoms with E-state index in [1.807, 2.05) is 30.8 Å². The van der Waals surface area contributed by atoms with Crippen LogP contribution >= 0.6 is 11.8 Å². The van der Waals surface area contributed by atoms with Gasteiger partial charge in [0, 0.05) is 12.1 Å². The molecule has 0 fully saturated rings. The summed E-state index contributed by atoms with van der Waals surface area (Å²) >= 11 is 1.86. The standard InChI is InChI=1S/C12H19NOS/c1-10-4-5-12(14)11(8-10)9-13-6-3-7-15-2/h4-5,8,13-14H,3,6-7,9H2,1-2H3. The van der Waals surface area contributed by atoms with Crippen LogP contribution in [0, 0.1) is 6.92 Å². The van der Waals surface area contributed by atoms with Crippen LogP contribution in [0.25, 0.3) is 0 Å². The van der Waals surface area contributed by atoms with E-state index in [4.69, 9.17) is 0 Å². The Balaban J connectivity index is 2.33. The molecule has 0 spiro atoms. The SMILES string of the molecule is CSCCCNCc1cc(C)ccc1O. The van der Waals surface area contributed by atoms with E-state index in [-0.39, 0.29) is 0 Å². The summed E-state index contributed by atoms with van der Waals surface area (Å²) in [7, 11) is 0. The summed E-state index contributed by atoms with van der Waals surface area (Å²) < 4.78 is 0. The Bertz CT molecular complexity index is 302. The number of aromatic hydroxyl groups is 1. The fraction of sp³-hybridized carbons (Fsp3) is 0.500. The number of aryl methyl sites for hydroxylation is 1. The minimum atomic E-state index is 0.387. The molecule has 0 saturated carbocycles. The average molecular weight is 225 g/mol. The zero-order valence-electron chi connectivity index (χ0n) is 9.42. The molecule has 3 heteroatoms. The maximum atomic E-state index is 9.59. The van der Waals surface area contributed by atoms with Crippen molar-refractivity contribution in [3.63, 3.8) is 0 Å². The van der Waals surface area contributed by atoms with Crippen LogP contribution in [-0.4, -0.2) is 23.7 Å². The number of hydrogen-bond donors (Lipinski definition) is 2. The van der Waals surface area contributed by atoms with Crippen LogP contribution in [0.15, 0.2) is 18.2 Å². The molecular weight excluding hydrogens is 206 g/mol. The summed E-state index contributed by atoms with van der Waals surface area (Å²) in [5.41, 5.74) is 2.17. The van der Waals surface area contributed by atoms with Crippen molar-refractivity contribution in [1.82, 2.24) is 5.32 Å². The van der Waals surface area contributed by atoms with Gasteiger partial charge in [0.05, 0.1) is 0 Å². The fourth-order valence-electron chi connectivity index (χ4n) is 1.42. The number of rotatable bonds is 6. The lowest BCUT2D eigenvalue weighted by atomic mass is 10.1. The minimum absolute atomic E-state index is 0.387. The van der Waals surface area contributed by atoms with E-state index in [2.05, 4.69) is 11.6 Å². The number of benzene rings is 1. The number of nitrogens with one attached hydrogen (secondary N) is 1. The Kier molecular flexibility index (Phi) is 5.58. The highest BCUT2D eigenvalue weighted by molar-refractivity contribution is 7.98. The van der Waals surface area contributed by atoms with Crippen molar-refractivity contribution in [1.29, 1.82) is 0 Å². The molecule has 0 bridgehead atoms. The van der Waals surface area contributed by atoms with E-state index >= 15 is 0 Å². The van der Waals surface area contributed by atoms with Crippen LogP contribution < -0.4 is 5.32 Å². The highest BCUT2D eigenvalue weighted by Crippen LogP contribution is 2.17. The van der Waals surface area contributed by atoms with Crippen LogP contribution in [0.3, 0.4) is 0 Å². The Morgan fingerprint density at radius 3 is 2.93 bits per heavy atom. The van der Waals surface area contributed by atoms with Gasteiger partial charge >= 0.3 is 0 Å². The quantitative estimate of drug-likeness (QED) is 0.730. The Hall–Kier alpha value is -0.670. The maximum absolute atomic E-state index is 9.59. The topological polar surface area (TPSA) is 32.3 Å². The second-order valence-corrected chi connectivity index (χ2v) is 4.64. The monoisotopic (exact) mass is 225 g/mol. The van der Waals surface area contributed by atoms with Gasteiger partial charge < -0.3 is 10.4 Å². The molecule has 1 rings (SSSR count). The van der Waals surface area contributed by atoms with E-state index in [0.29, 0.717) is 5.75 Å². The van der Waals surface area contributed by atoms with Crippen molar-refractivity contribution >= 4 is 11.8 Å². The van der Waals surface area contributed by atoms with E-state index in [1.54, 1.807) is 6.07 Å². The molecule has 0 aliphatic carbocycles. The summed E-state index contributed by atoms with van der Waals surface area (Å²) in [6.07, 6.45) is 3.29. The summed E-state index contributed by atoms with van der Waals surface area (Å²) in [5, 5.41) is 12.9. The predicted octanol–water partition coefficient (Wildman–Crippen LogP) is 2.54. The first-order chi connectivity index (χ1) is 7.24. The average Bonchev–Trinajstić information content (AvgIpc) is 2.23. The van der Waals surface area contributed by atoms with Gasteiger partial charge in [-0.05, 0) is 38.0 Å². The number of phenolic OH excluding ortho intramolecular Hbond substituents is 1. The van der Waals surface area contributed by atoms with Gasteiger partial charge in [-0.15, -0.1) is 0 Å².